The number of phenols is 1. The molecule has 7 heteroatoms. The number of nitrogens with one attached hydrogen (secondary N) is 2. The van der Waals surface area contributed by atoms with Crippen molar-refractivity contribution in [1.29, 1.82) is 0 Å². The van der Waals surface area contributed by atoms with Crippen LogP contribution in [-0.4, -0.2) is 39.9 Å². The van der Waals surface area contributed by atoms with Crippen molar-refractivity contribution < 1.29 is 19.5 Å². The van der Waals surface area contributed by atoms with Crippen LogP contribution in [0.15, 0.2) is 73.3 Å². The summed E-state index contributed by atoms with van der Waals surface area (Å²) in [6, 6.07) is 19.0. The number of imide groups is 1. The van der Waals surface area contributed by atoms with Gasteiger partial charge in [-0.25, -0.2) is 4.79 Å². The third-order valence-electron chi connectivity index (χ3n) is 6.14. The molecule has 4 amide bonds. The third-order valence-corrected chi connectivity index (χ3v) is 6.14. The Hall–Kier alpha value is -4.83. The quantitative estimate of drug-likeness (QED) is 0.409. The minimum atomic E-state index is -1.58. The van der Waals surface area contributed by atoms with Gasteiger partial charge in [0.25, 0.3) is 11.8 Å². The highest BCUT2D eigenvalue weighted by Gasteiger charge is 2.48. The first-order chi connectivity index (χ1) is 16.9. The number of urea groups is 1. The Balaban J connectivity index is 1.42. The zero-order chi connectivity index (χ0) is 24.6. The molecule has 7 nitrogen and oxygen atoms in total. The molecule has 1 saturated heterocycles. The Morgan fingerprint density at radius 2 is 1.80 bits per heavy atom. The molecule has 1 fully saturated rings. The van der Waals surface area contributed by atoms with Crippen LogP contribution in [0.4, 0.5) is 4.79 Å². The molecular formula is C28H21N3O4. The minimum Gasteiger partial charge on any atom is -0.507 e. The summed E-state index contributed by atoms with van der Waals surface area (Å²) in [7, 11) is 0. The molecule has 1 atom stereocenters. The summed E-state index contributed by atoms with van der Waals surface area (Å²) in [6.45, 7) is 3.96. The molecule has 0 aliphatic carbocycles. The molecule has 0 spiro atoms. The molecule has 172 valence electrons. The number of hydrogen-bond acceptors (Lipinski definition) is 4. The van der Waals surface area contributed by atoms with Crippen LogP contribution >= 0.6 is 0 Å². The zero-order valence-corrected chi connectivity index (χ0v) is 18.7. The molecule has 3 N–H and O–H groups in total. The summed E-state index contributed by atoms with van der Waals surface area (Å²) in [5.74, 6) is 5.21. The van der Waals surface area contributed by atoms with Gasteiger partial charge < -0.3 is 15.3 Å². The average Bonchev–Trinajstić information content (AvgIpc) is 3.32. The second kappa shape index (κ2) is 8.50. The van der Waals surface area contributed by atoms with Crippen LogP contribution in [0.3, 0.4) is 0 Å². The van der Waals surface area contributed by atoms with Gasteiger partial charge in [-0.15, -0.1) is 0 Å². The fourth-order valence-corrected chi connectivity index (χ4v) is 4.28. The van der Waals surface area contributed by atoms with Gasteiger partial charge in [0.2, 0.25) is 5.54 Å². The standard InChI is InChI=1S/C28H21N3O4/c1-2-18-7-12-21-16-31(25(33)23(21)15-18)17-28(26(34)29-27(35)30-28)14-13-19-8-10-20(11-9-19)22-5-3-4-6-24(22)32/h2-12,15,32H,1,16-17H2,(H2,29,30,34,35). The fourth-order valence-electron chi connectivity index (χ4n) is 4.28. The number of phenolic OH excluding ortho intramolecular Hbond substituents is 1. The molecule has 3 aromatic rings. The zero-order valence-electron chi connectivity index (χ0n) is 18.7. The summed E-state index contributed by atoms with van der Waals surface area (Å²) < 4.78 is 0. The number of carbonyl (C=O) groups is 3. The van der Waals surface area contributed by atoms with E-state index in [-0.39, 0.29) is 18.2 Å². The fraction of sp³-hybridized carbons (Fsp3) is 0.107. The van der Waals surface area contributed by atoms with Crippen LogP contribution in [-0.2, 0) is 11.3 Å². The molecular weight excluding hydrogens is 442 g/mol. The van der Waals surface area contributed by atoms with Crippen molar-refractivity contribution in [2.75, 3.05) is 6.54 Å². The van der Waals surface area contributed by atoms with Gasteiger partial charge >= 0.3 is 6.03 Å². The Kier molecular flexibility index (Phi) is 5.34. The van der Waals surface area contributed by atoms with Crippen molar-refractivity contribution in [2.24, 2.45) is 0 Å². The van der Waals surface area contributed by atoms with Crippen LogP contribution in [0.5, 0.6) is 5.75 Å². The van der Waals surface area contributed by atoms with Gasteiger partial charge in [0, 0.05) is 23.2 Å². The van der Waals surface area contributed by atoms with Crippen LogP contribution in [0.2, 0.25) is 0 Å². The predicted octanol–water partition coefficient (Wildman–Crippen LogP) is 3.29. The summed E-state index contributed by atoms with van der Waals surface area (Å²) in [5.41, 5.74) is 2.76. The van der Waals surface area contributed by atoms with Crippen molar-refractivity contribution in [3.63, 3.8) is 0 Å². The van der Waals surface area contributed by atoms with E-state index < -0.39 is 17.5 Å². The predicted molar refractivity (Wildman–Crippen MR) is 131 cm³/mol. The highest BCUT2D eigenvalue weighted by atomic mass is 16.3. The number of hydrogen-bond donors (Lipinski definition) is 3. The third kappa shape index (κ3) is 4.02. The second-order valence-corrected chi connectivity index (χ2v) is 8.44. The lowest BCUT2D eigenvalue weighted by Crippen LogP contribution is -2.54. The topological polar surface area (TPSA) is 98.7 Å². The van der Waals surface area contributed by atoms with Crippen molar-refractivity contribution >= 4 is 23.9 Å². The number of amides is 4. The van der Waals surface area contributed by atoms with E-state index in [0.29, 0.717) is 23.2 Å². The number of para-hydroxylation sites is 1. The lowest BCUT2D eigenvalue weighted by molar-refractivity contribution is -0.122. The number of carbonyl (C=O) groups excluding carboxylic acids is 3. The van der Waals surface area contributed by atoms with E-state index in [1.165, 1.54) is 4.90 Å². The van der Waals surface area contributed by atoms with Crippen molar-refractivity contribution in [2.45, 2.75) is 12.1 Å². The molecule has 0 bridgehead atoms. The smallest absolute Gasteiger partial charge is 0.323 e. The average molecular weight is 463 g/mol. The van der Waals surface area contributed by atoms with Crippen LogP contribution < -0.4 is 10.6 Å². The van der Waals surface area contributed by atoms with E-state index in [1.54, 1.807) is 36.4 Å². The van der Waals surface area contributed by atoms with E-state index in [1.807, 2.05) is 36.4 Å². The summed E-state index contributed by atoms with van der Waals surface area (Å²) in [4.78, 5) is 39.4. The Morgan fingerprint density at radius 1 is 1.03 bits per heavy atom. The van der Waals surface area contributed by atoms with Crippen molar-refractivity contribution in [1.82, 2.24) is 15.5 Å². The highest BCUT2D eigenvalue weighted by molar-refractivity contribution is 6.10. The van der Waals surface area contributed by atoms with Crippen molar-refractivity contribution in [3.05, 3.63) is 95.6 Å². The van der Waals surface area contributed by atoms with E-state index in [0.717, 1.165) is 16.7 Å². The molecule has 5 rings (SSSR count). The first-order valence-electron chi connectivity index (χ1n) is 11.0. The summed E-state index contributed by atoms with van der Waals surface area (Å²) in [5, 5.41) is 14.9. The van der Waals surface area contributed by atoms with Gasteiger partial charge in [-0.2, -0.15) is 0 Å². The Bertz CT molecular complexity index is 1450. The van der Waals surface area contributed by atoms with Crippen LogP contribution in [0.25, 0.3) is 17.2 Å². The molecule has 2 aliphatic rings. The van der Waals surface area contributed by atoms with Gasteiger partial charge in [0.15, 0.2) is 0 Å². The number of nitrogens with zero attached hydrogens (tertiary/aromatic N) is 1. The number of fused-ring (bicyclic) bond motifs is 1. The van der Waals surface area contributed by atoms with Crippen LogP contribution in [0, 0.1) is 11.8 Å². The maximum atomic E-state index is 13.0. The van der Waals surface area contributed by atoms with E-state index in [9.17, 15) is 19.5 Å². The molecule has 0 aromatic heterocycles. The van der Waals surface area contributed by atoms with E-state index >= 15 is 0 Å². The SMILES string of the molecule is C=Cc1ccc2c(c1)C(=O)N(CC1(C#Cc3ccc(-c4ccccc4O)cc3)NC(=O)NC1=O)C2. The first kappa shape index (κ1) is 22.0. The lowest BCUT2D eigenvalue weighted by Gasteiger charge is -2.26. The Labute approximate surface area is 202 Å². The molecule has 35 heavy (non-hydrogen) atoms. The van der Waals surface area contributed by atoms with Gasteiger partial charge in [0.05, 0.1) is 6.54 Å². The minimum absolute atomic E-state index is 0.0928. The monoisotopic (exact) mass is 463 g/mol. The van der Waals surface area contributed by atoms with Gasteiger partial charge in [0.1, 0.15) is 5.75 Å². The highest BCUT2D eigenvalue weighted by Crippen LogP contribution is 2.29. The maximum absolute atomic E-state index is 13.0. The van der Waals surface area contributed by atoms with Gasteiger partial charge in [-0.05, 0) is 41.0 Å². The van der Waals surface area contributed by atoms with Crippen LogP contribution in [0.1, 0.15) is 27.0 Å². The molecule has 2 aliphatic heterocycles. The maximum Gasteiger partial charge on any atom is 0.323 e. The van der Waals surface area contributed by atoms with Gasteiger partial charge in [-0.1, -0.05) is 67.0 Å². The Morgan fingerprint density at radius 3 is 2.49 bits per heavy atom. The second-order valence-electron chi connectivity index (χ2n) is 8.44. The molecule has 2 heterocycles. The largest absolute Gasteiger partial charge is 0.507 e. The number of aromatic hydroxyl groups is 1. The molecule has 1 unspecified atom stereocenters. The normalized spacial score (nSPS) is 18.4. The lowest BCUT2D eigenvalue weighted by atomic mass is 9.98. The molecule has 0 saturated carbocycles. The summed E-state index contributed by atoms with van der Waals surface area (Å²) in [6.07, 6.45) is 1.66. The van der Waals surface area contributed by atoms with E-state index in [2.05, 4.69) is 29.1 Å². The van der Waals surface area contributed by atoms with E-state index in [4.69, 9.17) is 0 Å². The summed E-state index contributed by atoms with van der Waals surface area (Å²) >= 11 is 0. The molecule has 3 aromatic carbocycles. The van der Waals surface area contributed by atoms with Crippen molar-refractivity contribution in [3.8, 4) is 28.7 Å². The molecule has 0 radical (unpaired) electrons. The first-order valence-corrected chi connectivity index (χ1v) is 11.0. The number of rotatable bonds is 4. The number of benzene rings is 3. The van der Waals surface area contributed by atoms with Gasteiger partial charge in [-0.3, -0.25) is 14.9 Å².